The van der Waals surface area contributed by atoms with E-state index in [1.54, 1.807) is 23.5 Å². The topological polar surface area (TPSA) is 53.1 Å². The molecule has 8 heteroatoms. The number of hydroxylamine groups is 1. The second kappa shape index (κ2) is 11.2. The molecule has 1 aromatic heterocycles. The van der Waals surface area contributed by atoms with Gasteiger partial charge in [-0.25, -0.2) is 9.18 Å². The maximum absolute atomic E-state index is 14.1. The number of carbonyl (C=O) groups is 2. The molecule has 0 N–H and O–H groups in total. The van der Waals surface area contributed by atoms with Gasteiger partial charge in [-0.2, -0.15) is 0 Å². The van der Waals surface area contributed by atoms with Crippen molar-refractivity contribution < 1.29 is 18.8 Å². The lowest BCUT2D eigenvalue weighted by atomic mass is 9.99. The fraction of sp³-hybridized carbons (Fsp3) is 0.448. The number of hydrogen-bond acceptors (Lipinski definition) is 6. The first kappa shape index (κ1) is 25.7. The van der Waals surface area contributed by atoms with E-state index >= 15 is 0 Å². The van der Waals surface area contributed by atoms with E-state index in [1.807, 2.05) is 11.4 Å². The Morgan fingerprint density at radius 3 is 2.65 bits per heavy atom. The van der Waals surface area contributed by atoms with Crippen LogP contribution in [-0.2, 0) is 27.3 Å². The molecule has 0 atom stereocenters. The van der Waals surface area contributed by atoms with Crippen LogP contribution in [0.1, 0.15) is 44.2 Å². The van der Waals surface area contributed by atoms with Gasteiger partial charge in [-0.3, -0.25) is 9.69 Å². The van der Waals surface area contributed by atoms with Gasteiger partial charge in [0.15, 0.2) is 0 Å². The average molecular weight is 524 g/mol. The van der Waals surface area contributed by atoms with Crippen molar-refractivity contribution in [3.05, 3.63) is 58.7 Å². The quantitative estimate of drug-likeness (QED) is 0.386. The lowest BCUT2D eigenvalue weighted by molar-refractivity contribution is -0.151. The normalized spacial score (nSPS) is 16.5. The van der Waals surface area contributed by atoms with E-state index in [4.69, 9.17) is 4.84 Å². The largest absolute Gasteiger partial charge is 0.368 e. The summed E-state index contributed by atoms with van der Waals surface area (Å²) in [6, 6.07) is 11.5. The van der Waals surface area contributed by atoms with E-state index in [0.717, 1.165) is 72.5 Å². The fourth-order valence-corrected chi connectivity index (χ4v) is 5.91. The van der Waals surface area contributed by atoms with Gasteiger partial charge in [-0.15, -0.1) is 16.4 Å². The number of carbonyl (C=O) groups excluding carboxylic acids is 2. The van der Waals surface area contributed by atoms with Crippen molar-refractivity contribution >= 4 is 44.7 Å². The molecule has 5 rings (SSSR count). The molecule has 1 amide bonds. The first-order chi connectivity index (χ1) is 17.9. The van der Waals surface area contributed by atoms with Crippen LogP contribution in [0.2, 0.25) is 0 Å². The molecule has 0 aliphatic carbocycles. The van der Waals surface area contributed by atoms with Crippen LogP contribution in [0.25, 0.3) is 10.1 Å². The van der Waals surface area contributed by atoms with Gasteiger partial charge in [0, 0.05) is 61.3 Å². The third-order valence-electron chi connectivity index (χ3n) is 7.27. The minimum absolute atomic E-state index is 0.171. The summed E-state index contributed by atoms with van der Waals surface area (Å²) in [5.41, 5.74) is 3.83. The van der Waals surface area contributed by atoms with Crippen molar-refractivity contribution in [1.29, 1.82) is 0 Å². The second-order valence-corrected chi connectivity index (χ2v) is 11.3. The molecule has 3 aromatic rings. The molecule has 0 spiro atoms. The summed E-state index contributed by atoms with van der Waals surface area (Å²) < 4.78 is 15.1. The summed E-state index contributed by atoms with van der Waals surface area (Å²) >= 11 is 1.57. The molecule has 0 unspecified atom stereocenters. The first-order valence-electron chi connectivity index (χ1n) is 13.2. The van der Waals surface area contributed by atoms with Crippen LogP contribution < -0.4 is 9.96 Å². The van der Waals surface area contributed by atoms with Crippen LogP contribution in [0.4, 0.5) is 15.8 Å². The molecular weight excluding hydrogens is 489 g/mol. The Hall–Kier alpha value is -2.97. The molecule has 2 aliphatic heterocycles. The predicted octanol–water partition coefficient (Wildman–Crippen LogP) is 5.58. The van der Waals surface area contributed by atoms with E-state index in [9.17, 15) is 14.0 Å². The van der Waals surface area contributed by atoms with Crippen LogP contribution in [0, 0.1) is 11.7 Å². The van der Waals surface area contributed by atoms with Crippen molar-refractivity contribution in [2.45, 2.75) is 46.0 Å². The smallest absolute Gasteiger partial charge is 0.333 e. The number of hydrogen-bond donors (Lipinski definition) is 0. The van der Waals surface area contributed by atoms with E-state index in [2.05, 4.69) is 41.8 Å². The Labute approximate surface area is 221 Å². The lowest BCUT2D eigenvalue weighted by Crippen LogP contribution is -2.47. The monoisotopic (exact) mass is 523 g/mol. The maximum atomic E-state index is 14.1. The first-order valence-corrected chi connectivity index (χ1v) is 14.0. The molecule has 0 bridgehead atoms. The number of fused-ring (bicyclic) bond motifs is 2. The Morgan fingerprint density at radius 2 is 1.86 bits per heavy atom. The third kappa shape index (κ3) is 5.96. The van der Waals surface area contributed by atoms with Crippen molar-refractivity contribution in [2.75, 3.05) is 42.7 Å². The zero-order chi connectivity index (χ0) is 25.9. The number of rotatable bonds is 8. The molecule has 0 radical (unpaired) electrons. The van der Waals surface area contributed by atoms with Gasteiger partial charge < -0.3 is 9.74 Å². The standard InChI is InChI=1S/C29H34FN3O3S/c1-20(2)3-8-29(35)36-33-25-17-21(4-5-22(25)6-7-28(33)34)9-11-31-12-14-32(15-13-31)26-18-23(30)19-27-24(26)10-16-37-27/h4-5,10,16-20H,3,6-9,11-15H2,1-2H3. The van der Waals surface area contributed by atoms with Gasteiger partial charge in [-0.05, 0) is 66.0 Å². The van der Waals surface area contributed by atoms with Crippen molar-refractivity contribution in [3.63, 3.8) is 0 Å². The molecule has 2 aliphatic rings. The van der Waals surface area contributed by atoms with E-state index < -0.39 is 0 Å². The molecule has 1 fully saturated rings. The number of nitrogens with zero attached hydrogens (tertiary/aromatic N) is 3. The molecule has 196 valence electrons. The minimum atomic E-state index is -0.365. The highest BCUT2D eigenvalue weighted by Crippen LogP contribution is 2.33. The zero-order valence-electron chi connectivity index (χ0n) is 21.5. The molecule has 6 nitrogen and oxygen atoms in total. The molecule has 2 aromatic carbocycles. The Kier molecular flexibility index (Phi) is 7.76. The molecule has 37 heavy (non-hydrogen) atoms. The lowest BCUT2D eigenvalue weighted by Gasteiger charge is -2.36. The van der Waals surface area contributed by atoms with Crippen LogP contribution >= 0.6 is 11.3 Å². The highest BCUT2D eigenvalue weighted by atomic mass is 32.1. The summed E-state index contributed by atoms with van der Waals surface area (Å²) in [5.74, 6) is -0.319. The Morgan fingerprint density at radius 1 is 1.05 bits per heavy atom. The maximum Gasteiger partial charge on any atom is 0.333 e. The number of thiophene rings is 1. The van der Waals surface area contributed by atoms with Crippen LogP contribution in [0.3, 0.4) is 0 Å². The summed E-state index contributed by atoms with van der Waals surface area (Å²) in [5, 5.41) is 4.36. The summed E-state index contributed by atoms with van der Waals surface area (Å²) in [4.78, 5) is 35.2. The van der Waals surface area contributed by atoms with E-state index in [1.165, 1.54) is 5.06 Å². The Bertz CT molecular complexity index is 1280. The van der Waals surface area contributed by atoms with Gasteiger partial charge in [0.25, 0.3) is 5.91 Å². The average Bonchev–Trinajstić information content (AvgIpc) is 3.36. The van der Waals surface area contributed by atoms with Crippen molar-refractivity contribution in [1.82, 2.24) is 4.90 Å². The number of halogens is 1. The fourth-order valence-electron chi connectivity index (χ4n) is 5.08. The second-order valence-electron chi connectivity index (χ2n) is 10.4. The summed E-state index contributed by atoms with van der Waals surface area (Å²) in [7, 11) is 0. The number of aryl methyl sites for hydroxylation is 1. The molecule has 0 saturated carbocycles. The number of amides is 1. The zero-order valence-corrected chi connectivity index (χ0v) is 22.4. The highest BCUT2D eigenvalue weighted by Gasteiger charge is 2.28. The number of benzene rings is 2. The number of anilines is 2. The van der Waals surface area contributed by atoms with Crippen molar-refractivity contribution in [3.8, 4) is 0 Å². The van der Waals surface area contributed by atoms with Gasteiger partial charge in [0.1, 0.15) is 5.82 Å². The highest BCUT2D eigenvalue weighted by molar-refractivity contribution is 7.17. The van der Waals surface area contributed by atoms with Gasteiger partial charge >= 0.3 is 5.97 Å². The Balaban J connectivity index is 1.19. The molecular formula is C29H34FN3O3S. The molecule has 1 saturated heterocycles. The van der Waals surface area contributed by atoms with Gasteiger partial charge in [0.05, 0.1) is 5.69 Å². The van der Waals surface area contributed by atoms with Crippen LogP contribution in [0.5, 0.6) is 0 Å². The molecule has 3 heterocycles. The van der Waals surface area contributed by atoms with Crippen LogP contribution in [0.15, 0.2) is 41.8 Å². The van der Waals surface area contributed by atoms with Gasteiger partial charge in [0.2, 0.25) is 0 Å². The van der Waals surface area contributed by atoms with E-state index in [-0.39, 0.29) is 17.7 Å². The van der Waals surface area contributed by atoms with E-state index in [0.29, 0.717) is 30.9 Å². The third-order valence-corrected chi connectivity index (χ3v) is 8.13. The van der Waals surface area contributed by atoms with Crippen molar-refractivity contribution in [2.24, 2.45) is 5.92 Å². The summed E-state index contributed by atoms with van der Waals surface area (Å²) in [6.07, 6.45) is 2.88. The predicted molar refractivity (Wildman–Crippen MR) is 147 cm³/mol. The van der Waals surface area contributed by atoms with Crippen LogP contribution in [-0.4, -0.2) is 49.5 Å². The van der Waals surface area contributed by atoms with Gasteiger partial charge in [-0.1, -0.05) is 26.0 Å². The SMILES string of the molecule is CC(C)CCC(=O)ON1C(=O)CCc2ccc(CCN3CCN(c4cc(F)cc5sccc45)CC3)cc21. The summed E-state index contributed by atoms with van der Waals surface area (Å²) in [6.45, 7) is 8.54. The minimum Gasteiger partial charge on any atom is -0.368 e. The number of piperazine rings is 1.